The van der Waals surface area contributed by atoms with Crippen molar-refractivity contribution in [2.45, 2.75) is 5.44 Å². The second-order valence-corrected chi connectivity index (χ2v) is 5.19. The van der Waals surface area contributed by atoms with Gasteiger partial charge in [0.15, 0.2) is 16.9 Å². The number of aromatic hydroxyl groups is 1. The van der Waals surface area contributed by atoms with Gasteiger partial charge in [-0.1, -0.05) is 0 Å². The summed E-state index contributed by atoms with van der Waals surface area (Å²) >= 11 is 2.93. The Kier molecular flexibility index (Phi) is 6.43. The zero-order valence-electron chi connectivity index (χ0n) is 9.05. The van der Waals surface area contributed by atoms with Crippen LogP contribution in [0.15, 0.2) is 16.6 Å². The monoisotopic (exact) mass is 334 g/mol. The summed E-state index contributed by atoms with van der Waals surface area (Å²) in [5, 5.41) is 18.7. The minimum atomic E-state index is -4.86. The number of methoxy groups -OCH3 is 1. The molecule has 0 radical (unpaired) electrons. The van der Waals surface area contributed by atoms with Crippen LogP contribution in [0.2, 0.25) is 0 Å². The van der Waals surface area contributed by atoms with Gasteiger partial charge in [-0.25, -0.2) is 8.42 Å². The Bertz CT molecular complexity index is 503. The van der Waals surface area contributed by atoms with Crippen LogP contribution in [0.3, 0.4) is 0 Å². The van der Waals surface area contributed by atoms with E-state index >= 15 is 0 Å². The Hall–Kier alpha value is 0.170. The number of rotatable bonds is 3. The van der Waals surface area contributed by atoms with E-state index in [1.54, 1.807) is 0 Å². The number of hydrogen-bond acceptors (Lipinski definition) is 6. The van der Waals surface area contributed by atoms with Gasteiger partial charge in [-0.2, -0.15) is 0 Å². The molecule has 0 saturated carbocycles. The largest absolute Gasteiger partial charge is 1.00 e. The fourth-order valence-electron chi connectivity index (χ4n) is 1.06. The molecule has 17 heavy (non-hydrogen) atoms. The molecule has 1 rings (SSSR count). The van der Waals surface area contributed by atoms with Crippen LogP contribution in [0, 0.1) is 0 Å². The third kappa shape index (κ3) is 4.09. The third-order valence-electron chi connectivity index (χ3n) is 1.83. The van der Waals surface area contributed by atoms with Crippen LogP contribution in [-0.4, -0.2) is 30.3 Å². The number of aliphatic hydroxyl groups is 1. The molecule has 1 aromatic rings. The molecule has 0 aliphatic carbocycles. The molecule has 0 aliphatic heterocycles. The normalized spacial score (nSPS) is 12.7. The van der Waals surface area contributed by atoms with Crippen LogP contribution >= 0.6 is 15.9 Å². The molecule has 0 bridgehead atoms. The molecular formula is C8H8BrNaO6S. The summed E-state index contributed by atoms with van der Waals surface area (Å²) in [4.78, 5) is 0. The van der Waals surface area contributed by atoms with Crippen LogP contribution in [0.4, 0.5) is 0 Å². The first-order chi connectivity index (χ1) is 7.27. The molecule has 0 saturated heterocycles. The molecule has 0 amide bonds. The molecule has 0 aromatic heterocycles. The first-order valence-electron chi connectivity index (χ1n) is 3.96. The second kappa shape index (κ2) is 6.37. The Morgan fingerprint density at radius 3 is 2.41 bits per heavy atom. The minimum Gasteiger partial charge on any atom is -0.746 e. The van der Waals surface area contributed by atoms with Crippen molar-refractivity contribution in [3.8, 4) is 11.5 Å². The van der Waals surface area contributed by atoms with Crippen molar-refractivity contribution in [2.24, 2.45) is 0 Å². The zero-order chi connectivity index (χ0) is 12.5. The fraction of sp³-hybridized carbons (Fsp3) is 0.250. The summed E-state index contributed by atoms with van der Waals surface area (Å²) in [6.07, 6.45) is 0. The predicted molar refractivity (Wildman–Crippen MR) is 57.0 cm³/mol. The number of hydrogen-bond donors (Lipinski definition) is 2. The van der Waals surface area contributed by atoms with Crippen LogP contribution in [0.5, 0.6) is 11.5 Å². The molecule has 0 fully saturated rings. The van der Waals surface area contributed by atoms with Gasteiger partial charge in [-0.15, -0.1) is 0 Å². The fourth-order valence-corrected chi connectivity index (χ4v) is 1.99. The van der Waals surface area contributed by atoms with E-state index in [-0.39, 0.29) is 51.1 Å². The van der Waals surface area contributed by atoms with Gasteiger partial charge in [0.2, 0.25) is 0 Å². The quantitative estimate of drug-likeness (QED) is 0.475. The summed E-state index contributed by atoms with van der Waals surface area (Å²) in [6.45, 7) is 0. The van der Waals surface area contributed by atoms with Gasteiger partial charge in [-0.05, 0) is 33.6 Å². The SMILES string of the molecule is COc1cc(C(O)S(=O)(=O)[O-])cc(Br)c1O.[Na+]. The molecule has 1 aromatic carbocycles. The molecule has 90 valence electrons. The maximum Gasteiger partial charge on any atom is 1.00 e. The number of phenolic OH excluding ortho intramolecular Hbond substituents is 1. The van der Waals surface area contributed by atoms with Crippen molar-refractivity contribution in [3.05, 3.63) is 22.2 Å². The van der Waals surface area contributed by atoms with Gasteiger partial charge in [0.25, 0.3) is 0 Å². The summed E-state index contributed by atoms with van der Waals surface area (Å²) < 4.78 is 36.7. The average molecular weight is 335 g/mol. The van der Waals surface area contributed by atoms with E-state index in [0.29, 0.717) is 0 Å². The van der Waals surface area contributed by atoms with Gasteiger partial charge < -0.3 is 19.5 Å². The van der Waals surface area contributed by atoms with Crippen molar-refractivity contribution in [3.63, 3.8) is 0 Å². The van der Waals surface area contributed by atoms with Crippen LogP contribution in [0.25, 0.3) is 0 Å². The molecule has 1 atom stereocenters. The van der Waals surface area contributed by atoms with E-state index in [1.807, 2.05) is 0 Å². The van der Waals surface area contributed by atoms with E-state index < -0.39 is 15.6 Å². The number of ether oxygens (including phenoxy) is 1. The number of benzene rings is 1. The van der Waals surface area contributed by atoms with Crippen molar-refractivity contribution < 1.29 is 57.5 Å². The van der Waals surface area contributed by atoms with Crippen molar-refractivity contribution >= 4 is 26.0 Å². The van der Waals surface area contributed by atoms with Gasteiger partial charge >= 0.3 is 29.6 Å². The van der Waals surface area contributed by atoms with Crippen molar-refractivity contribution in [1.82, 2.24) is 0 Å². The summed E-state index contributed by atoms with van der Waals surface area (Å²) in [5.41, 5.74) is -2.38. The van der Waals surface area contributed by atoms with Crippen molar-refractivity contribution in [2.75, 3.05) is 7.11 Å². The first-order valence-corrected chi connectivity index (χ1v) is 6.23. The van der Waals surface area contributed by atoms with Crippen LogP contribution in [0.1, 0.15) is 11.0 Å². The molecule has 0 spiro atoms. The molecule has 0 heterocycles. The van der Waals surface area contributed by atoms with E-state index in [1.165, 1.54) is 7.11 Å². The smallest absolute Gasteiger partial charge is 0.746 e. The number of aliphatic hydroxyl groups excluding tert-OH is 1. The van der Waals surface area contributed by atoms with E-state index in [4.69, 9.17) is 4.74 Å². The number of halogens is 1. The molecule has 0 aliphatic rings. The standard InChI is InChI=1S/C8H9BrO6S.Na/c1-15-6-3-4(2-5(9)7(6)10)8(11)16(12,13)14;/h2-3,8,10-11H,1H3,(H,12,13,14);/q;+1/p-1. The van der Waals surface area contributed by atoms with Crippen LogP contribution < -0.4 is 34.3 Å². The van der Waals surface area contributed by atoms with Gasteiger partial charge in [0.1, 0.15) is 10.1 Å². The molecule has 9 heteroatoms. The topological polar surface area (TPSA) is 107 Å². The van der Waals surface area contributed by atoms with Gasteiger partial charge in [-0.3, -0.25) is 0 Å². The maximum absolute atomic E-state index is 10.6. The summed E-state index contributed by atoms with van der Waals surface area (Å²) in [5.74, 6) is -0.297. The van der Waals surface area contributed by atoms with Gasteiger partial charge in [0, 0.05) is 0 Å². The average Bonchev–Trinajstić information content (AvgIpc) is 2.19. The second-order valence-electron chi connectivity index (χ2n) is 2.90. The van der Waals surface area contributed by atoms with Gasteiger partial charge in [0.05, 0.1) is 11.6 Å². The van der Waals surface area contributed by atoms with E-state index in [0.717, 1.165) is 12.1 Å². The van der Waals surface area contributed by atoms with E-state index in [2.05, 4.69) is 15.9 Å². The first kappa shape index (κ1) is 17.2. The molecule has 2 N–H and O–H groups in total. The zero-order valence-corrected chi connectivity index (χ0v) is 13.4. The Labute approximate surface area is 129 Å². The van der Waals surface area contributed by atoms with E-state index in [9.17, 15) is 23.2 Å². The third-order valence-corrected chi connectivity index (χ3v) is 3.25. The molecule has 1 unspecified atom stereocenters. The predicted octanol–water partition coefficient (Wildman–Crippen LogP) is -2.30. The Morgan fingerprint density at radius 1 is 1.47 bits per heavy atom. The minimum absolute atomic E-state index is 0. The maximum atomic E-state index is 10.6. The molecule has 6 nitrogen and oxygen atoms in total. The molecular weight excluding hydrogens is 327 g/mol. The number of phenols is 1. The summed E-state index contributed by atoms with van der Waals surface area (Å²) in [7, 11) is -3.61. The van der Waals surface area contributed by atoms with Crippen LogP contribution in [-0.2, 0) is 10.1 Å². The Balaban J connectivity index is 0.00000256. The Morgan fingerprint density at radius 2 is 2.00 bits per heavy atom. The van der Waals surface area contributed by atoms with Crippen molar-refractivity contribution in [1.29, 1.82) is 0 Å². The summed E-state index contributed by atoms with van der Waals surface area (Å²) in [6, 6.07) is 2.19.